The number of carbonyl (C=O) groups excluding carboxylic acids is 1. The molecule has 1 unspecified atom stereocenters. The molecule has 2 heterocycles. The molecule has 1 aromatic rings. The summed E-state index contributed by atoms with van der Waals surface area (Å²) in [5, 5.41) is 2.07. The Bertz CT molecular complexity index is 948. The van der Waals surface area contributed by atoms with E-state index < -0.39 is 24.0 Å². The normalized spacial score (nSPS) is 19.5. The fraction of sp³-hybridized carbons (Fsp3) is 0.400. The second-order valence-electron chi connectivity index (χ2n) is 7.07. The molecule has 7 nitrogen and oxygen atoms in total. The molecule has 1 amide bonds. The number of halogens is 3. The van der Waals surface area contributed by atoms with Gasteiger partial charge in [-0.15, -0.1) is 0 Å². The summed E-state index contributed by atoms with van der Waals surface area (Å²) in [5.74, 6) is -1.13. The number of alkyl halides is 3. The first-order valence-corrected chi connectivity index (χ1v) is 9.26. The van der Waals surface area contributed by atoms with Gasteiger partial charge >= 0.3 is 6.18 Å². The average molecular weight is 421 g/mol. The van der Waals surface area contributed by atoms with E-state index in [9.17, 15) is 18.0 Å². The maximum Gasteiger partial charge on any atom is 0.408 e. The molecule has 2 aliphatic rings. The van der Waals surface area contributed by atoms with Gasteiger partial charge in [-0.25, -0.2) is 9.98 Å². The van der Waals surface area contributed by atoms with Crippen molar-refractivity contribution in [2.75, 3.05) is 14.2 Å². The highest BCUT2D eigenvalue weighted by molar-refractivity contribution is 6.09. The number of allylic oxidation sites excluding steroid dienone is 2. The zero-order chi connectivity index (χ0) is 22.1. The van der Waals surface area contributed by atoms with E-state index in [-0.39, 0.29) is 11.5 Å². The molecule has 1 N–H and O–H groups in total. The van der Waals surface area contributed by atoms with Crippen molar-refractivity contribution in [1.29, 1.82) is 0 Å². The number of carbonyl (C=O) groups is 1. The van der Waals surface area contributed by atoms with Gasteiger partial charge in [-0.05, 0) is 44.5 Å². The van der Waals surface area contributed by atoms with E-state index >= 15 is 0 Å². The number of rotatable bonds is 6. The zero-order valence-corrected chi connectivity index (χ0v) is 16.8. The van der Waals surface area contributed by atoms with Crippen molar-refractivity contribution in [1.82, 2.24) is 15.2 Å². The Morgan fingerprint density at radius 2 is 2.10 bits per heavy atom. The molecular formula is C20H22F3N5O2. The van der Waals surface area contributed by atoms with Crippen LogP contribution in [0.5, 0.6) is 5.88 Å². The highest BCUT2D eigenvalue weighted by Gasteiger charge is 2.50. The van der Waals surface area contributed by atoms with E-state index in [1.165, 1.54) is 7.11 Å². The summed E-state index contributed by atoms with van der Waals surface area (Å²) in [6, 6.07) is 3.20. The second-order valence-corrected chi connectivity index (χ2v) is 7.07. The van der Waals surface area contributed by atoms with Gasteiger partial charge in [0.15, 0.2) is 11.5 Å². The van der Waals surface area contributed by atoms with Crippen molar-refractivity contribution in [3.05, 3.63) is 47.2 Å². The molecule has 1 aliphatic carbocycles. The molecule has 1 fully saturated rings. The smallest absolute Gasteiger partial charge is 0.408 e. The first-order chi connectivity index (χ1) is 14.2. The minimum Gasteiger partial charge on any atom is -0.481 e. The van der Waals surface area contributed by atoms with Gasteiger partial charge in [-0.2, -0.15) is 13.2 Å². The lowest BCUT2D eigenvalue weighted by Crippen LogP contribution is -2.47. The van der Waals surface area contributed by atoms with Crippen LogP contribution in [-0.2, 0) is 4.79 Å². The van der Waals surface area contributed by atoms with Gasteiger partial charge in [0, 0.05) is 18.8 Å². The molecule has 1 atom stereocenters. The topological polar surface area (TPSA) is 79.2 Å². The summed E-state index contributed by atoms with van der Waals surface area (Å²) in [7, 11) is 3.12. The fourth-order valence-corrected chi connectivity index (χ4v) is 3.05. The number of aliphatic imine (C=N–C) groups is 2. The first kappa shape index (κ1) is 21.5. The standard InChI is InChI=1S/C20H22F3N5O2/c1-11-10-14(13-6-5-7-15(25-13)30-4)26-18(28(11)3)16(24-2)19(29)27-17(12-8-9-12)20(21,22)23/h5-7,10,12,17H,2,8-9H2,1,3-4H3,(H,27,29)/b18-16-. The van der Waals surface area contributed by atoms with E-state index in [0.29, 0.717) is 35.8 Å². The molecule has 1 saturated carbocycles. The monoisotopic (exact) mass is 421 g/mol. The first-order valence-electron chi connectivity index (χ1n) is 9.26. The van der Waals surface area contributed by atoms with Crippen molar-refractivity contribution in [2.24, 2.45) is 15.9 Å². The maximum atomic E-state index is 13.3. The Balaban J connectivity index is 1.99. The fourth-order valence-electron chi connectivity index (χ4n) is 3.05. The van der Waals surface area contributed by atoms with E-state index in [2.05, 4.69) is 27.0 Å². The van der Waals surface area contributed by atoms with Crippen LogP contribution in [0.1, 0.15) is 25.5 Å². The Morgan fingerprint density at radius 3 is 2.67 bits per heavy atom. The number of pyridine rings is 1. The average Bonchev–Trinajstić information content (AvgIpc) is 3.53. The Hall–Kier alpha value is -3.17. The third-order valence-electron chi connectivity index (χ3n) is 4.93. The maximum absolute atomic E-state index is 13.3. The van der Waals surface area contributed by atoms with Crippen LogP contribution in [0.25, 0.3) is 0 Å². The van der Waals surface area contributed by atoms with Crippen molar-refractivity contribution in [2.45, 2.75) is 32.0 Å². The third-order valence-corrected chi connectivity index (χ3v) is 4.93. The van der Waals surface area contributed by atoms with Gasteiger partial charge in [0.05, 0.1) is 18.5 Å². The van der Waals surface area contributed by atoms with Crippen molar-refractivity contribution in [3.8, 4) is 5.88 Å². The number of hydrogen-bond donors (Lipinski definition) is 1. The van der Waals surface area contributed by atoms with Crippen molar-refractivity contribution < 1.29 is 22.7 Å². The molecule has 0 radical (unpaired) electrons. The summed E-state index contributed by atoms with van der Waals surface area (Å²) in [5.41, 5.74) is 1.31. The minimum absolute atomic E-state index is 0.0823. The van der Waals surface area contributed by atoms with Crippen LogP contribution >= 0.6 is 0 Å². The largest absolute Gasteiger partial charge is 0.481 e. The molecule has 1 aliphatic heterocycles. The summed E-state index contributed by atoms with van der Waals surface area (Å²) in [6.07, 6.45) is -1.96. The van der Waals surface area contributed by atoms with Crippen LogP contribution in [-0.4, -0.2) is 54.6 Å². The van der Waals surface area contributed by atoms with E-state index in [1.54, 1.807) is 43.1 Å². The quantitative estimate of drug-likeness (QED) is 0.566. The third kappa shape index (κ3) is 4.52. The molecule has 30 heavy (non-hydrogen) atoms. The molecule has 0 spiro atoms. The lowest BCUT2D eigenvalue weighted by molar-refractivity contribution is -0.164. The summed E-state index contributed by atoms with van der Waals surface area (Å²) < 4.78 is 45.1. The van der Waals surface area contributed by atoms with Gasteiger partial charge in [0.1, 0.15) is 6.04 Å². The van der Waals surface area contributed by atoms with Crippen LogP contribution < -0.4 is 10.1 Å². The lowest BCUT2D eigenvalue weighted by Gasteiger charge is -2.27. The van der Waals surface area contributed by atoms with Gasteiger partial charge in [0.2, 0.25) is 5.88 Å². The molecular weight excluding hydrogens is 399 g/mol. The number of nitrogens with zero attached hydrogens (tertiary/aromatic N) is 4. The molecule has 10 heteroatoms. The van der Waals surface area contributed by atoms with Gasteiger partial charge in [0.25, 0.3) is 5.91 Å². The summed E-state index contributed by atoms with van der Waals surface area (Å²) in [4.78, 5) is 26.7. The highest BCUT2D eigenvalue weighted by atomic mass is 19.4. The van der Waals surface area contributed by atoms with Crippen LogP contribution in [0, 0.1) is 5.92 Å². The number of hydrogen-bond acceptors (Lipinski definition) is 6. The van der Waals surface area contributed by atoms with Crippen LogP contribution in [0.4, 0.5) is 13.2 Å². The van der Waals surface area contributed by atoms with Crippen LogP contribution in [0.2, 0.25) is 0 Å². The van der Waals surface area contributed by atoms with E-state index in [1.807, 2.05) is 0 Å². The van der Waals surface area contributed by atoms with Gasteiger partial charge in [-0.3, -0.25) is 9.79 Å². The summed E-state index contributed by atoms with van der Waals surface area (Å²) >= 11 is 0. The zero-order valence-electron chi connectivity index (χ0n) is 16.8. The van der Waals surface area contributed by atoms with E-state index in [0.717, 1.165) is 0 Å². The van der Waals surface area contributed by atoms with Crippen molar-refractivity contribution >= 4 is 18.3 Å². The number of methoxy groups -OCH3 is 1. The lowest BCUT2D eigenvalue weighted by atomic mass is 10.1. The number of ether oxygens (including phenoxy) is 1. The predicted molar refractivity (Wildman–Crippen MR) is 106 cm³/mol. The summed E-state index contributed by atoms with van der Waals surface area (Å²) in [6.45, 7) is 5.14. The SMILES string of the molecule is C=N/C(C(=O)NC(C1CC1)C(F)(F)F)=C1/N=C(c2cccc(OC)n2)C=C(C)N1C. The molecule has 0 bridgehead atoms. The minimum atomic E-state index is -4.54. The predicted octanol–water partition coefficient (Wildman–Crippen LogP) is 3.06. The Kier molecular flexibility index (Phi) is 5.95. The van der Waals surface area contributed by atoms with Gasteiger partial charge in [-0.1, -0.05) is 6.07 Å². The van der Waals surface area contributed by atoms with Gasteiger partial charge < -0.3 is 15.0 Å². The molecule has 160 valence electrons. The number of aromatic nitrogens is 1. The van der Waals surface area contributed by atoms with Crippen molar-refractivity contribution in [3.63, 3.8) is 0 Å². The second kappa shape index (κ2) is 8.29. The number of nitrogens with one attached hydrogen (secondary N) is 1. The van der Waals surface area contributed by atoms with E-state index in [4.69, 9.17) is 4.74 Å². The number of amides is 1. The highest BCUT2D eigenvalue weighted by Crippen LogP contribution is 2.40. The van der Waals surface area contributed by atoms with Crippen LogP contribution in [0.15, 0.2) is 51.5 Å². The molecule has 0 saturated heterocycles. The Labute approximate surface area is 172 Å². The molecule has 1 aromatic heterocycles. The molecule has 0 aromatic carbocycles. The molecule has 3 rings (SSSR count). The van der Waals surface area contributed by atoms with Crippen LogP contribution in [0.3, 0.4) is 0 Å². The Morgan fingerprint density at radius 1 is 1.40 bits per heavy atom.